The lowest BCUT2D eigenvalue weighted by molar-refractivity contribution is 0.0937. The molecular weight excluding hydrogens is 415 g/mol. The minimum atomic E-state index is -0.264. The zero-order valence-electron chi connectivity index (χ0n) is 15.5. The maximum Gasteiger partial charge on any atom is 0.251 e. The number of aromatic nitrogens is 3. The van der Waals surface area contributed by atoms with E-state index in [1.54, 1.807) is 30.0 Å². The second-order valence-electron chi connectivity index (χ2n) is 6.18. The number of hydrogen-bond donors (Lipinski definition) is 1. The van der Waals surface area contributed by atoms with Crippen molar-refractivity contribution in [3.63, 3.8) is 0 Å². The molecule has 0 radical (unpaired) electrons. The van der Waals surface area contributed by atoms with Gasteiger partial charge in [0.15, 0.2) is 11.0 Å². The van der Waals surface area contributed by atoms with Crippen molar-refractivity contribution in [3.05, 3.63) is 75.5 Å². The summed E-state index contributed by atoms with van der Waals surface area (Å²) in [6.07, 6.45) is 0. The molecule has 0 saturated carbocycles. The molecule has 1 N–H and O–H groups in total. The molecule has 8 heteroatoms. The lowest BCUT2D eigenvalue weighted by Gasteiger charge is -2.15. The van der Waals surface area contributed by atoms with E-state index in [1.807, 2.05) is 48.7 Å². The van der Waals surface area contributed by atoms with Crippen molar-refractivity contribution in [2.75, 3.05) is 0 Å². The van der Waals surface area contributed by atoms with Crippen LogP contribution >= 0.6 is 35.0 Å². The van der Waals surface area contributed by atoms with Crippen molar-refractivity contribution in [1.82, 2.24) is 20.1 Å². The number of nitrogens with one attached hydrogen (secondary N) is 1. The van der Waals surface area contributed by atoms with Crippen molar-refractivity contribution in [2.24, 2.45) is 0 Å². The molecule has 146 valence electrons. The van der Waals surface area contributed by atoms with Gasteiger partial charge in [0.25, 0.3) is 5.91 Å². The predicted molar refractivity (Wildman–Crippen MR) is 114 cm³/mol. The fourth-order valence-electron chi connectivity index (χ4n) is 2.74. The number of rotatable bonds is 7. The molecule has 28 heavy (non-hydrogen) atoms. The van der Waals surface area contributed by atoms with Crippen LogP contribution in [0.2, 0.25) is 10.0 Å². The highest BCUT2D eigenvalue weighted by atomic mass is 35.5. The normalized spacial score (nSPS) is 12.0. The Morgan fingerprint density at radius 3 is 2.57 bits per heavy atom. The second-order valence-corrected chi connectivity index (χ2v) is 7.94. The summed E-state index contributed by atoms with van der Waals surface area (Å²) in [6, 6.07) is 14.4. The van der Waals surface area contributed by atoms with E-state index in [-0.39, 0.29) is 11.9 Å². The van der Waals surface area contributed by atoms with E-state index in [1.165, 1.54) is 0 Å². The molecule has 0 fully saturated rings. The van der Waals surface area contributed by atoms with E-state index < -0.39 is 0 Å². The number of carbonyl (C=O) groups is 1. The SMILES string of the molecule is CCn1c(SCc2ccc(Cl)c(Cl)c2)nnc1C(C)NC(=O)c1ccccc1. The van der Waals surface area contributed by atoms with Crippen LogP contribution in [0.25, 0.3) is 0 Å². The Balaban J connectivity index is 1.70. The fraction of sp³-hybridized carbons (Fsp3) is 0.250. The largest absolute Gasteiger partial charge is 0.342 e. The maximum atomic E-state index is 12.4. The summed E-state index contributed by atoms with van der Waals surface area (Å²) in [6.45, 7) is 4.64. The van der Waals surface area contributed by atoms with Crippen LogP contribution in [0.5, 0.6) is 0 Å². The Labute approximate surface area is 178 Å². The minimum Gasteiger partial charge on any atom is -0.342 e. The standard InChI is InChI=1S/C20H20Cl2N4OS/c1-3-26-18(13(2)23-19(27)15-7-5-4-6-8-15)24-25-20(26)28-12-14-9-10-16(21)17(22)11-14/h4-11,13H,3,12H2,1-2H3,(H,23,27). The number of hydrogen-bond acceptors (Lipinski definition) is 4. The number of nitrogens with zero attached hydrogens (tertiary/aromatic N) is 3. The molecule has 5 nitrogen and oxygen atoms in total. The summed E-state index contributed by atoms with van der Waals surface area (Å²) in [5.41, 5.74) is 1.67. The first kappa shape index (κ1) is 20.7. The molecule has 0 saturated heterocycles. The highest BCUT2D eigenvalue weighted by Crippen LogP contribution is 2.28. The van der Waals surface area contributed by atoms with E-state index in [0.29, 0.717) is 27.9 Å². The van der Waals surface area contributed by atoms with Gasteiger partial charge >= 0.3 is 0 Å². The molecule has 1 unspecified atom stereocenters. The van der Waals surface area contributed by atoms with Gasteiger partial charge in [0.2, 0.25) is 0 Å². The number of halogens is 2. The summed E-state index contributed by atoms with van der Waals surface area (Å²) in [7, 11) is 0. The Bertz CT molecular complexity index is 962. The van der Waals surface area contributed by atoms with Crippen LogP contribution in [0.15, 0.2) is 53.7 Å². The average Bonchev–Trinajstić information content (AvgIpc) is 3.12. The van der Waals surface area contributed by atoms with E-state index in [4.69, 9.17) is 23.2 Å². The number of thioether (sulfide) groups is 1. The van der Waals surface area contributed by atoms with Gasteiger partial charge in [0.05, 0.1) is 16.1 Å². The quantitative estimate of drug-likeness (QED) is 0.506. The topological polar surface area (TPSA) is 59.8 Å². The highest BCUT2D eigenvalue weighted by molar-refractivity contribution is 7.98. The summed E-state index contributed by atoms with van der Waals surface area (Å²) in [5, 5.41) is 13.5. The zero-order valence-corrected chi connectivity index (χ0v) is 17.9. The third-order valence-electron chi connectivity index (χ3n) is 4.18. The molecule has 0 aliphatic heterocycles. The van der Waals surface area contributed by atoms with Gasteiger partial charge in [-0.3, -0.25) is 4.79 Å². The number of amides is 1. The molecule has 3 aromatic rings. The summed E-state index contributed by atoms with van der Waals surface area (Å²) in [5.74, 6) is 1.28. The Kier molecular flexibility index (Phi) is 6.99. The van der Waals surface area contributed by atoms with Crippen LogP contribution in [0.4, 0.5) is 0 Å². The molecule has 1 amide bonds. The van der Waals surface area contributed by atoms with Crippen LogP contribution in [-0.4, -0.2) is 20.7 Å². The van der Waals surface area contributed by atoms with Gasteiger partial charge in [0, 0.05) is 17.9 Å². The monoisotopic (exact) mass is 434 g/mol. The van der Waals surface area contributed by atoms with Gasteiger partial charge < -0.3 is 9.88 Å². The van der Waals surface area contributed by atoms with Gasteiger partial charge in [-0.2, -0.15) is 0 Å². The Hall–Kier alpha value is -2.02. The van der Waals surface area contributed by atoms with Crippen LogP contribution in [0.1, 0.15) is 41.6 Å². The van der Waals surface area contributed by atoms with Crippen LogP contribution in [0.3, 0.4) is 0 Å². The summed E-state index contributed by atoms with van der Waals surface area (Å²) >= 11 is 13.6. The van der Waals surface area contributed by atoms with E-state index >= 15 is 0 Å². The number of benzene rings is 2. The summed E-state index contributed by atoms with van der Waals surface area (Å²) < 4.78 is 2.01. The molecule has 0 aliphatic carbocycles. The Morgan fingerprint density at radius 1 is 1.14 bits per heavy atom. The molecule has 0 aliphatic rings. The molecule has 1 atom stereocenters. The van der Waals surface area contributed by atoms with Crippen LogP contribution in [-0.2, 0) is 12.3 Å². The number of carbonyl (C=O) groups excluding carboxylic acids is 1. The van der Waals surface area contributed by atoms with Crippen LogP contribution < -0.4 is 5.32 Å². The van der Waals surface area contributed by atoms with Gasteiger partial charge in [-0.25, -0.2) is 0 Å². The molecule has 0 bridgehead atoms. The molecule has 3 rings (SSSR count). The first-order valence-electron chi connectivity index (χ1n) is 8.85. The van der Waals surface area contributed by atoms with Crippen molar-refractivity contribution in [1.29, 1.82) is 0 Å². The average molecular weight is 435 g/mol. The predicted octanol–water partition coefficient (Wildman–Crippen LogP) is 5.39. The van der Waals surface area contributed by atoms with Crippen molar-refractivity contribution in [3.8, 4) is 0 Å². The van der Waals surface area contributed by atoms with Crippen molar-refractivity contribution < 1.29 is 4.79 Å². The van der Waals surface area contributed by atoms with Gasteiger partial charge in [-0.1, -0.05) is 59.2 Å². The van der Waals surface area contributed by atoms with E-state index in [9.17, 15) is 4.79 Å². The van der Waals surface area contributed by atoms with Gasteiger partial charge in [-0.15, -0.1) is 10.2 Å². The van der Waals surface area contributed by atoms with Gasteiger partial charge in [0.1, 0.15) is 0 Å². The first-order valence-corrected chi connectivity index (χ1v) is 10.6. The molecule has 1 aromatic heterocycles. The third kappa shape index (κ3) is 4.87. The van der Waals surface area contributed by atoms with Crippen molar-refractivity contribution in [2.45, 2.75) is 37.3 Å². The molecule has 2 aromatic carbocycles. The Morgan fingerprint density at radius 2 is 1.89 bits per heavy atom. The summed E-state index contributed by atoms with van der Waals surface area (Å²) in [4.78, 5) is 12.4. The maximum absolute atomic E-state index is 12.4. The molecular formula is C20H20Cl2N4OS. The van der Waals surface area contributed by atoms with E-state index in [2.05, 4.69) is 15.5 Å². The molecule has 1 heterocycles. The third-order valence-corrected chi connectivity index (χ3v) is 5.96. The van der Waals surface area contributed by atoms with E-state index in [0.717, 1.165) is 16.5 Å². The lowest BCUT2D eigenvalue weighted by Crippen LogP contribution is -2.28. The highest BCUT2D eigenvalue weighted by Gasteiger charge is 2.19. The van der Waals surface area contributed by atoms with Crippen molar-refractivity contribution >= 4 is 40.9 Å². The smallest absolute Gasteiger partial charge is 0.251 e. The zero-order chi connectivity index (χ0) is 20.1. The lowest BCUT2D eigenvalue weighted by atomic mass is 10.2. The van der Waals surface area contributed by atoms with Gasteiger partial charge in [-0.05, 0) is 43.7 Å². The second kappa shape index (κ2) is 9.45. The fourth-order valence-corrected chi connectivity index (χ4v) is 4.01. The minimum absolute atomic E-state index is 0.135. The van der Waals surface area contributed by atoms with Crippen LogP contribution in [0, 0.1) is 0 Å². The molecule has 0 spiro atoms. The first-order chi connectivity index (χ1) is 13.5.